The first-order chi connectivity index (χ1) is 15.3. The maximum absolute atomic E-state index is 12.3. The Labute approximate surface area is 191 Å². The minimum Gasteiger partial charge on any atom is -0.490 e. The number of unbranched alkanes of at least 4 members (excludes halogenated alkanes) is 1. The molecule has 9 heteroatoms. The summed E-state index contributed by atoms with van der Waals surface area (Å²) in [6, 6.07) is 6.87. The smallest absolute Gasteiger partial charge is 0.331 e. The minimum absolute atomic E-state index is 0.203. The molecule has 1 aromatic heterocycles. The highest BCUT2D eigenvalue weighted by Gasteiger charge is 2.20. The zero-order valence-corrected chi connectivity index (χ0v) is 19.2. The Morgan fingerprint density at radius 2 is 1.94 bits per heavy atom. The van der Waals surface area contributed by atoms with Gasteiger partial charge in [-0.1, -0.05) is 19.4 Å². The third-order valence-corrected chi connectivity index (χ3v) is 5.09. The molecule has 2 aromatic rings. The molecule has 172 valence electrons. The Kier molecular flexibility index (Phi) is 9.75. The van der Waals surface area contributed by atoms with Gasteiger partial charge in [0.15, 0.2) is 17.6 Å². The van der Waals surface area contributed by atoms with Crippen LogP contribution in [0.2, 0.25) is 0 Å². The number of amides is 2. The molecule has 0 aliphatic carbocycles. The lowest BCUT2D eigenvalue weighted by Gasteiger charge is -2.13. The van der Waals surface area contributed by atoms with Crippen LogP contribution in [-0.4, -0.2) is 37.1 Å². The van der Waals surface area contributed by atoms with Crippen LogP contribution in [0, 0.1) is 0 Å². The van der Waals surface area contributed by atoms with Crippen molar-refractivity contribution in [3.05, 3.63) is 46.8 Å². The zero-order chi connectivity index (χ0) is 23.5. The van der Waals surface area contributed by atoms with Gasteiger partial charge in [-0.05, 0) is 55.5 Å². The maximum Gasteiger partial charge on any atom is 0.331 e. The fraction of sp³-hybridized carbons (Fsp3) is 0.348. The van der Waals surface area contributed by atoms with Crippen LogP contribution in [-0.2, 0) is 14.3 Å². The number of esters is 1. The average molecular weight is 461 g/mol. The number of nitrogens with two attached hydrogens (primary N) is 1. The van der Waals surface area contributed by atoms with Gasteiger partial charge in [-0.2, -0.15) is 0 Å². The van der Waals surface area contributed by atoms with Crippen molar-refractivity contribution in [2.24, 2.45) is 5.73 Å². The number of carbonyl (C=O) groups excluding carboxylic acids is 3. The van der Waals surface area contributed by atoms with E-state index in [0.717, 1.165) is 29.7 Å². The number of thiophene rings is 1. The van der Waals surface area contributed by atoms with Crippen molar-refractivity contribution in [1.29, 1.82) is 0 Å². The summed E-state index contributed by atoms with van der Waals surface area (Å²) in [6.07, 6.45) is 3.70. The summed E-state index contributed by atoms with van der Waals surface area (Å²) >= 11 is 1.15. The molecule has 3 N–H and O–H groups in total. The molecule has 1 aromatic carbocycles. The second kappa shape index (κ2) is 12.5. The third kappa shape index (κ3) is 7.42. The van der Waals surface area contributed by atoms with E-state index in [-0.39, 0.29) is 5.56 Å². The summed E-state index contributed by atoms with van der Waals surface area (Å²) in [5.74, 6) is -0.663. The number of carbonyl (C=O) groups is 3. The van der Waals surface area contributed by atoms with Gasteiger partial charge in [0.25, 0.3) is 11.8 Å². The van der Waals surface area contributed by atoms with Gasteiger partial charge in [-0.3, -0.25) is 9.59 Å². The first kappa shape index (κ1) is 24.9. The van der Waals surface area contributed by atoms with Crippen molar-refractivity contribution in [2.45, 2.75) is 39.7 Å². The average Bonchev–Trinajstić information content (AvgIpc) is 3.22. The van der Waals surface area contributed by atoms with E-state index >= 15 is 0 Å². The van der Waals surface area contributed by atoms with E-state index in [1.165, 1.54) is 19.1 Å². The van der Waals surface area contributed by atoms with Gasteiger partial charge in [0.1, 0.15) is 5.00 Å². The fourth-order valence-corrected chi connectivity index (χ4v) is 3.38. The number of hydrogen-bond acceptors (Lipinski definition) is 7. The lowest BCUT2D eigenvalue weighted by molar-refractivity contribution is -0.148. The number of anilines is 1. The molecule has 2 amide bonds. The van der Waals surface area contributed by atoms with Gasteiger partial charge in [0.2, 0.25) is 0 Å². The molecule has 1 atom stereocenters. The number of nitrogens with one attached hydrogen (secondary N) is 1. The van der Waals surface area contributed by atoms with E-state index in [1.807, 2.05) is 6.92 Å². The van der Waals surface area contributed by atoms with Crippen LogP contribution < -0.4 is 20.5 Å². The summed E-state index contributed by atoms with van der Waals surface area (Å²) < 4.78 is 16.5. The van der Waals surface area contributed by atoms with Gasteiger partial charge in [0.05, 0.1) is 18.8 Å². The SMILES string of the molecule is CCCCOc1ccc(/C=C/C(=O)OC(C)C(=O)Nc2sccc2C(N)=O)cc1OCC. The summed E-state index contributed by atoms with van der Waals surface area (Å²) in [5.41, 5.74) is 6.18. The summed E-state index contributed by atoms with van der Waals surface area (Å²) in [7, 11) is 0. The molecule has 0 saturated carbocycles. The van der Waals surface area contributed by atoms with E-state index in [1.54, 1.807) is 29.7 Å². The van der Waals surface area contributed by atoms with Crippen molar-refractivity contribution in [1.82, 2.24) is 0 Å². The van der Waals surface area contributed by atoms with Crippen LogP contribution in [0.4, 0.5) is 5.00 Å². The predicted octanol–water partition coefficient (Wildman–Crippen LogP) is 4.01. The molecular formula is C23H28N2O6S. The highest BCUT2D eigenvalue weighted by atomic mass is 32.1. The monoisotopic (exact) mass is 460 g/mol. The quantitative estimate of drug-likeness (QED) is 0.281. The Morgan fingerprint density at radius 1 is 1.16 bits per heavy atom. The number of rotatable bonds is 12. The molecule has 0 spiro atoms. The van der Waals surface area contributed by atoms with E-state index < -0.39 is 23.9 Å². The fourth-order valence-electron chi connectivity index (χ4n) is 2.59. The number of hydrogen-bond donors (Lipinski definition) is 2. The van der Waals surface area contributed by atoms with Crippen LogP contribution in [0.15, 0.2) is 35.7 Å². The molecule has 0 saturated heterocycles. The van der Waals surface area contributed by atoms with Crippen LogP contribution in [0.5, 0.6) is 11.5 Å². The van der Waals surface area contributed by atoms with Gasteiger partial charge < -0.3 is 25.3 Å². The molecular weight excluding hydrogens is 432 g/mol. The zero-order valence-electron chi connectivity index (χ0n) is 18.4. The molecule has 2 rings (SSSR count). The minimum atomic E-state index is -1.07. The first-order valence-electron chi connectivity index (χ1n) is 10.3. The highest BCUT2D eigenvalue weighted by Crippen LogP contribution is 2.29. The van der Waals surface area contributed by atoms with Gasteiger partial charge in [0, 0.05) is 6.08 Å². The first-order valence-corrected chi connectivity index (χ1v) is 11.2. The molecule has 0 fully saturated rings. The molecule has 1 unspecified atom stereocenters. The van der Waals surface area contributed by atoms with E-state index in [9.17, 15) is 14.4 Å². The Balaban J connectivity index is 1.96. The van der Waals surface area contributed by atoms with Gasteiger partial charge in [-0.15, -0.1) is 11.3 Å². The van der Waals surface area contributed by atoms with Crippen molar-refractivity contribution in [3.63, 3.8) is 0 Å². The van der Waals surface area contributed by atoms with Crippen LogP contribution in [0.1, 0.15) is 49.5 Å². The predicted molar refractivity (Wildman–Crippen MR) is 124 cm³/mol. The van der Waals surface area contributed by atoms with Crippen molar-refractivity contribution in [3.8, 4) is 11.5 Å². The van der Waals surface area contributed by atoms with E-state index in [0.29, 0.717) is 29.7 Å². The molecule has 1 heterocycles. The Hall–Kier alpha value is -3.33. The normalized spacial score (nSPS) is 11.7. The third-order valence-electron chi connectivity index (χ3n) is 4.26. The second-order valence-electron chi connectivity index (χ2n) is 6.77. The van der Waals surface area contributed by atoms with Crippen molar-refractivity contribution >= 4 is 40.2 Å². The lowest BCUT2D eigenvalue weighted by atomic mass is 10.2. The summed E-state index contributed by atoms with van der Waals surface area (Å²) in [5, 5.41) is 4.49. The van der Waals surface area contributed by atoms with E-state index in [2.05, 4.69) is 12.2 Å². The Morgan fingerprint density at radius 3 is 2.62 bits per heavy atom. The van der Waals surface area contributed by atoms with Crippen molar-refractivity contribution in [2.75, 3.05) is 18.5 Å². The molecule has 0 bridgehead atoms. The number of benzene rings is 1. The molecule has 0 aliphatic rings. The van der Waals surface area contributed by atoms with Gasteiger partial charge in [-0.25, -0.2) is 4.79 Å². The van der Waals surface area contributed by atoms with Crippen LogP contribution >= 0.6 is 11.3 Å². The maximum atomic E-state index is 12.3. The standard InChI is InChI=1S/C23H28N2O6S/c1-4-6-12-30-18-9-7-16(14-19(18)29-5-2)8-10-20(26)31-15(3)22(28)25-23-17(21(24)27)11-13-32-23/h7-11,13-15H,4-6,12H2,1-3H3,(H2,24,27)(H,25,28)/b10-8+. The van der Waals surface area contributed by atoms with Crippen LogP contribution in [0.25, 0.3) is 6.08 Å². The highest BCUT2D eigenvalue weighted by molar-refractivity contribution is 7.14. The molecule has 8 nitrogen and oxygen atoms in total. The topological polar surface area (TPSA) is 117 Å². The number of ether oxygens (including phenoxy) is 3. The number of primary amides is 1. The molecule has 32 heavy (non-hydrogen) atoms. The van der Waals surface area contributed by atoms with E-state index in [4.69, 9.17) is 19.9 Å². The lowest BCUT2D eigenvalue weighted by Crippen LogP contribution is -2.29. The largest absolute Gasteiger partial charge is 0.490 e. The Bertz CT molecular complexity index is 969. The molecule has 0 aliphatic heterocycles. The van der Waals surface area contributed by atoms with Gasteiger partial charge >= 0.3 is 5.97 Å². The van der Waals surface area contributed by atoms with Crippen molar-refractivity contribution < 1.29 is 28.6 Å². The van der Waals surface area contributed by atoms with Crippen LogP contribution in [0.3, 0.4) is 0 Å². The molecule has 0 radical (unpaired) electrons. The summed E-state index contributed by atoms with van der Waals surface area (Å²) in [4.78, 5) is 35.8. The second-order valence-corrected chi connectivity index (χ2v) is 7.69. The summed E-state index contributed by atoms with van der Waals surface area (Å²) in [6.45, 7) is 6.49.